The highest BCUT2D eigenvalue weighted by atomic mass is 19.1. The predicted octanol–water partition coefficient (Wildman–Crippen LogP) is 2.74. The van der Waals surface area contributed by atoms with Gasteiger partial charge >= 0.3 is 0 Å². The van der Waals surface area contributed by atoms with Gasteiger partial charge in [0.15, 0.2) is 5.82 Å². The lowest BCUT2D eigenvalue weighted by Crippen LogP contribution is -2.22. The molecule has 96 valence electrons. The molecule has 0 fully saturated rings. The smallest absolute Gasteiger partial charge is 0.152 e. The van der Waals surface area contributed by atoms with Gasteiger partial charge in [0, 0.05) is 12.1 Å². The molecule has 1 aromatic carbocycles. The summed E-state index contributed by atoms with van der Waals surface area (Å²) in [5.74, 6) is -1.54. The summed E-state index contributed by atoms with van der Waals surface area (Å²) in [5.41, 5.74) is 4.94. The highest BCUT2D eigenvalue weighted by molar-refractivity contribution is 5.53. The van der Waals surface area contributed by atoms with Crippen molar-refractivity contribution in [3.05, 3.63) is 23.8 Å². The minimum absolute atomic E-state index is 0.00000850. The zero-order valence-corrected chi connectivity index (χ0v) is 10.2. The maximum atomic E-state index is 13.1. The van der Waals surface area contributed by atoms with Crippen LogP contribution in [0.15, 0.2) is 12.1 Å². The lowest BCUT2D eigenvalue weighted by Gasteiger charge is -2.19. The number of nitrogen functional groups attached to an aromatic ring is 1. The van der Waals surface area contributed by atoms with Crippen LogP contribution < -0.4 is 10.5 Å². The number of hydrogen-bond donors (Lipinski definition) is 1. The molecule has 0 saturated carbocycles. The number of anilines is 1. The molecule has 1 aromatic rings. The Morgan fingerprint density at radius 2 is 1.82 bits per heavy atom. The van der Waals surface area contributed by atoms with E-state index in [2.05, 4.69) is 0 Å². The molecule has 0 heterocycles. The van der Waals surface area contributed by atoms with E-state index >= 15 is 0 Å². The maximum absolute atomic E-state index is 13.1. The van der Waals surface area contributed by atoms with Crippen LogP contribution in [0.2, 0.25) is 0 Å². The Hall–Kier alpha value is -1.36. The van der Waals surface area contributed by atoms with Gasteiger partial charge in [-0.15, -0.1) is 0 Å². The van der Waals surface area contributed by atoms with Crippen LogP contribution in [0.25, 0.3) is 0 Å². The van der Waals surface area contributed by atoms with Crippen molar-refractivity contribution in [3.63, 3.8) is 0 Å². The average molecular weight is 245 g/mol. The molecule has 1 rings (SSSR count). The van der Waals surface area contributed by atoms with Crippen molar-refractivity contribution >= 4 is 5.69 Å². The second-order valence-corrected chi connectivity index (χ2v) is 4.61. The fraction of sp³-hybridized carbons (Fsp3) is 0.500. The average Bonchev–Trinajstić information content (AvgIpc) is 2.18. The topological polar surface area (TPSA) is 44.5 Å². The number of rotatable bonds is 4. The normalized spacial score (nSPS) is 11.6. The van der Waals surface area contributed by atoms with E-state index in [1.807, 2.05) is 20.8 Å². The molecule has 2 N–H and O–H groups in total. The number of nitrogens with two attached hydrogens (primary N) is 1. The Balaban J connectivity index is 2.52. The minimum atomic E-state index is -0.822. The Morgan fingerprint density at radius 3 is 2.41 bits per heavy atom. The summed E-state index contributed by atoms with van der Waals surface area (Å²) in [4.78, 5) is 0. The van der Waals surface area contributed by atoms with Crippen LogP contribution in [-0.4, -0.2) is 18.8 Å². The molecule has 5 heteroatoms. The summed E-state index contributed by atoms with van der Waals surface area (Å²) in [6.45, 7) is 6.22. The van der Waals surface area contributed by atoms with Gasteiger partial charge in [-0.2, -0.15) is 0 Å². The van der Waals surface area contributed by atoms with Crippen molar-refractivity contribution in [2.45, 2.75) is 26.4 Å². The summed E-state index contributed by atoms with van der Waals surface area (Å²) < 4.78 is 36.5. The number of halogens is 2. The molecular formula is C12H17F2NO2. The molecule has 3 nitrogen and oxygen atoms in total. The standard InChI is InChI=1S/C12H17F2NO2/c1-12(2,3)17-5-4-16-10-7-8(13)6-9(14)11(10)15/h6-7H,4-5,15H2,1-3H3. The van der Waals surface area contributed by atoms with Gasteiger partial charge in [0.05, 0.1) is 12.2 Å². The maximum Gasteiger partial charge on any atom is 0.152 e. The van der Waals surface area contributed by atoms with Crippen molar-refractivity contribution < 1.29 is 18.3 Å². The molecule has 0 bridgehead atoms. The van der Waals surface area contributed by atoms with E-state index in [-0.39, 0.29) is 23.6 Å². The molecule has 17 heavy (non-hydrogen) atoms. The number of hydrogen-bond acceptors (Lipinski definition) is 3. The molecule has 0 saturated heterocycles. The number of benzene rings is 1. The molecular weight excluding hydrogens is 228 g/mol. The highest BCUT2D eigenvalue weighted by Crippen LogP contribution is 2.25. The van der Waals surface area contributed by atoms with E-state index in [9.17, 15) is 8.78 Å². The van der Waals surface area contributed by atoms with Crippen molar-refractivity contribution in [3.8, 4) is 5.75 Å². The van der Waals surface area contributed by atoms with E-state index in [1.54, 1.807) is 0 Å². The predicted molar refractivity (Wildman–Crippen MR) is 62.0 cm³/mol. The molecule has 0 amide bonds. The molecule has 0 aliphatic heterocycles. The molecule has 0 spiro atoms. The fourth-order valence-corrected chi connectivity index (χ4v) is 1.18. The van der Waals surface area contributed by atoms with Crippen LogP contribution in [0, 0.1) is 11.6 Å². The van der Waals surface area contributed by atoms with Crippen molar-refractivity contribution in [1.82, 2.24) is 0 Å². The van der Waals surface area contributed by atoms with Gasteiger partial charge in [-0.3, -0.25) is 0 Å². The van der Waals surface area contributed by atoms with Gasteiger partial charge in [0.1, 0.15) is 23.9 Å². The molecule has 0 aliphatic carbocycles. The third-order valence-corrected chi connectivity index (χ3v) is 1.93. The lowest BCUT2D eigenvalue weighted by molar-refractivity contribution is -0.0162. The van der Waals surface area contributed by atoms with E-state index < -0.39 is 11.6 Å². The van der Waals surface area contributed by atoms with Crippen molar-refractivity contribution in [2.24, 2.45) is 0 Å². The molecule has 0 radical (unpaired) electrons. The van der Waals surface area contributed by atoms with Crippen LogP contribution in [0.5, 0.6) is 5.75 Å². The first kappa shape index (κ1) is 13.7. The monoisotopic (exact) mass is 245 g/mol. The summed E-state index contributed by atoms with van der Waals surface area (Å²) in [6, 6.07) is 1.77. The lowest BCUT2D eigenvalue weighted by atomic mass is 10.2. The van der Waals surface area contributed by atoms with Gasteiger partial charge in [0.2, 0.25) is 0 Å². The Kier molecular flexibility index (Phi) is 4.28. The summed E-state index contributed by atoms with van der Waals surface area (Å²) in [7, 11) is 0. The van der Waals surface area contributed by atoms with Crippen molar-refractivity contribution in [1.29, 1.82) is 0 Å². The van der Waals surface area contributed by atoms with E-state index in [4.69, 9.17) is 15.2 Å². The quantitative estimate of drug-likeness (QED) is 0.655. The van der Waals surface area contributed by atoms with Crippen LogP contribution >= 0.6 is 0 Å². The highest BCUT2D eigenvalue weighted by Gasteiger charge is 2.11. The Labute approximate surface area is 99.5 Å². The van der Waals surface area contributed by atoms with E-state index in [0.29, 0.717) is 12.7 Å². The first-order chi connectivity index (χ1) is 7.79. The second-order valence-electron chi connectivity index (χ2n) is 4.61. The third-order valence-electron chi connectivity index (χ3n) is 1.93. The minimum Gasteiger partial charge on any atom is -0.489 e. The second kappa shape index (κ2) is 5.31. The summed E-state index contributed by atoms with van der Waals surface area (Å²) >= 11 is 0. The Bertz CT molecular complexity index is 389. The zero-order chi connectivity index (χ0) is 13.1. The van der Waals surface area contributed by atoms with Crippen LogP contribution in [0.4, 0.5) is 14.5 Å². The van der Waals surface area contributed by atoms with Gasteiger partial charge in [0.25, 0.3) is 0 Å². The third kappa shape index (κ3) is 4.56. The first-order valence-corrected chi connectivity index (χ1v) is 5.31. The van der Waals surface area contributed by atoms with Gasteiger partial charge < -0.3 is 15.2 Å². The first-order valence-electron chi connectivity index (χ1n) is 5.31. The van der Waals surface area contributed by atoms with Gasteiger partial charge in [-0.25, -0.2) is 8.78 Å². The molecule has 0 aromatic heterocycles. The van der Waals surface area contributed by atoms with Gasteiger partial charge in [-0.05, 0) is 20.8 Å². The number of ether oxygens (including phenoxy) is 2. The van der Waals surface area contributed by atoms with Crippen molar-refractivity contribution in [2.75, 3.05) is 18.9 Å². The van der Waals surface area contributed by atoms with Gasteiger partial charge in [-0.1, -0.05) is 0 Å². The molecule has 0 atom stereocenters. The summed E-state index contributed by atoms with van der Waals surface area (Å²) in [5, 5.41) is 0. The van der Waals surface area contributed by atoms with E-state index in [1.165, 1.54) is 0 Å². The molecule has 0 unspecified atom stereocenters. The van der Waals surface area contributed by atoms with E-state index in [0.717, 1.165) is 6.07 Å². The largest absolute Gasteiger partial charge is 0.489 e. The summed E-state index contributed by atoms with van der Waals surface area (Å²) in [6.07, 6.45) is 0. The zero-order valence-electron chi connectivity index (χ0n) is 10.2. The van der Waals surface area contributed by atoms with Crippen LogP contribution in [0.1, 0.15) is 20.8 Å². The molecule has 0 aliphatic rings. The van der Waals surface area contributed by atoms with Crippen LogP contribution in [-0.2, 0) is 4.74 Å². The van der Waals surface area contributed by atoms with Crippen LogP contribution in [0.3, 0.4) is 0 Å². The fourth-order valence-electron chi connectivity index (χ4n) is 1.18. The Morgan fingerprint density at radius 1 is 1.18 bits per heavy atom. The SMILES string of the molecule is CC(C)(C)OCCOc1cc(F)cc(F)c1N.